The summed E-state index contributed by atoms with van der Waals surface area (Å²) in [6.07, 6.45) is 7.64. The van der Waals surface area contributed by atoms with E-state index in [2.05, 4.69) is 13.8 Å². The highest BCUT2D eigenvalue weighted by Crippen LogP contribution is 2.22. The fourth-order valence-electron chi connectivity index (χ4n) is 4.75. The first-order chi connectivity index (χ1) is 14.9. The van der Waals surface area contributed by atoms with E-state index in [0.717, 1.165) is 45.2 Å². The zero-order valence-electron chi connectivity index (χ0n) is 19.3. The number of likely N-dealkylation sites (tertiary alicyclic amines) is 2. The third-order valence-electron chi connectivity index (χ3n) is 6.60. The lowest BCUT2D eigenvalue weighted by atomic mass is 9.94. The smallest absolute Gasteiger partial charge is 0.225 e. The fraction of sp³-hybridized carbons (Fsp3) is 0.654. The summed E-state index contributed by atoms with van der Waals surface area (Å²) < 4.78 is 0. The summed E-state index contributed by atoms with van der Waals surface area (Å²) >= 11 is 0. The van der Waals surface area contributed by atoms with Gasteiger partial charge in [-0.2, -0.15) is 0 Å². The van der Waals surface area contributed by atoms with Crippen molar-refractivity contribution in [3.05, 3.63) is 35.4 Å². The van der Waals surface area contributed by atoms with Gasteiger partial charge in [0.05, 0.1) is 0 Å². The minimum absolute atomic E-state index is 0.0238. The maximum atomic E-state index is 12.8. The fourth-order valence-corrected chi connectivity index (χ4v) is 4.75. The summed E-state index contributed by atoms with van der Waals surface area (Å²) in [5.41, 5.74) is 1.92. The van der Waals surface area contributed by atoms with Crippen LogP contribution in [-0.4, -0.2) is 53.6 Å². The predicted octanol–water partition coefficient (Wildman–Crippen LogP) is 4.49. The molecule has 2 aliphatic rings. The first-order valence-corrected chi connectivity index (χ1v) is 12.1. The number of benzene rings is 1. The largest absolute Gasteiger partial charge is 0.343 e. The van der Waals surface area contributed by atoms with Crippen LogP contribution >= 0.6 is 0 Å². The van der Waals surface area contributed by atoms with Gasteiger partial charge in [0.1, 0.15) is 0 Å². The molecule has 0 aliphatic carbocycles. The maximum Gasteiger partial charge on any atom is 0.225 e. The maximum absolute atomic E-state index is 12.8. The van der Waals surface area contributed by atoms with Crippen molar-refractivity contribution in [1.29, 1.82) is 0 Å². The number of Topliss-reactive ketones (excluding diaryl/α,β-unsaturated/α-hetero) is 1. The molecule has 0 atom stereocenters. The van der Waals surface area contributed by atoms with Crippen molar-refractivity contribution in [3.63, 3.8) is 0 Å². The lowest BCUT2D eigenvalue weighted by Gasteiger charge is -2.34. The Morgan fingerprint density at radius 1 is 0.839 bits per heavy atom. The molecule has 1 aromatic rings. The molecule has 0 saturated carbocycles. The van der Waals surface area contributed by atoms with Crippen LogP contribution in [0.15, 0.2) is 24.3 Å². The van der Waals surface area contributed by atoms with E-state index in [4.69, 9.17) is 0 Å². The Balaban J connectivity index is 1.41. The van der Waals surface area contributed by atoms with Gasteiger partial charge in [-0.3, -0.25) is 14.4 Å². The van der Waals surface area contributed by atoms with Gasteiger partial charge in [-0.05, 0) is 43.6 Å². The van der Waals surface area contributed by atoms with Crippen LogP contribution in [0.2, 0.25) is 0 Å². The quantitative estimate of drug-likeness (QED) is 0.604. The molecule has 3 rings (SSSR count). The van der Waals surface area contributed by atoms with Gasteiger partial charge in [0.2, 0.25) is 11.8 Å². The van der Waals surface area contributed by atoms with Crippen molar-refractivity contribution in [2.24, 2.45) is 11.8 Å². The molecule has 2 heterocycles. The van der Waals surface area contributed by atoms with E-state index in [9.17, 15) is 14.4 Å². The minimum atomic E-state index is 0.0238. The van der Waals surface area contributed by atoms with E-state index in [0.29, 0.717) is 24.6 Å². The predicted molar refractivity (Wildman–Crippen MR) is 123 cm³/mol. The van der Waals surface area contributed by atoms with E-state index in [1.165, 1.54) is 18.4 Å². The molecule has 0 radical (unpaired) electrons. The molecule has 0 unspecified atom stereocenters. The second kappa shape index (κ2) is 11.4. The molecule has 0 N–H and O–H groups in total. The van der Waals surface area contributed by atoms with Crippen molar-refractivity contribution in [3.8, 4) is 0 Å². The summed E-state index contributed by atoms with van der Waals surface area (Å²) in [5, 5.41) is 0. The third-order valence-corrected chi connectivity index (χ3v) is 6.60. The molecule has 1 aromatic carbocycles. The molecule has 2 aliphatic heterocycles. The number of nitrogens with zero attached hydrogens (tertiary/aromatic N) is 2. The van der Waals surface area contributed by atoms with Gasteiger partial charge in [-0.25, -0.2) is 0 Å². The summed E-state index contributed by atoms with van der Waals surface area (Å²) in [5.74, 6) is 0.974. The lowest BCUT2D eigenvalue weighted by molar-refractivity contribution is -0.140. The monoisotopic (exact) mass is 426 g/mol. The number of carbonyl (C=O) groups excluding carboxylic acids is 3. The van der Waals surface area contributed by atoms with Crippen LogP contribution in [0.4, 0.5) is 0 Å². The van der Waals surface area contributed by atoms with Crippen LogP contribution in [0.25, 0.3) is 0 Å². The average molecular weight is 427 g/mol. The van der Waals surface area contributed by atoms with Crippen LogP contribution in [0.3, 0.4) is 0 Å². The average Bonchev–Trinajstić information content (AvgIpc) is 3.06. The van der Waals surface area contributed by atoms with Gasteiger partial charge in [-0.15, -0.1) is 0 Å². The highest BCUT2D eigenvalue weighted by atomic mass is 16.2. The minimum Gasteiger partial charge on any atom is -0.343 e. The summed E-state index contributed by atoms with van der Waals surface area (Å²) in [7, 11) is 0. The number of carbonyl (C=O) groups is 3. The standard InChI is InChI=1S/C26H38N2O3/c1-20(2)19-21-7-9-22(10-8-21)24(29)11-12-25(30)27-17-13-23(14-18-27)26(31)28-15-5-3-4-6-16-28/h7-10,20,23H,3-6,11-19H2,1-2H3. The number of ketones is 1. The molecule has 31 heavy (non-hydrogen) atoms. The molecular weight excluding hydrogens is 388 g/mol. The van der Waals surface area contributed by atoms with E-state index in [1.807, 2.05) is 34.1 Å². The number of hydrogen-bond donors (Lipinski definition) is 0. The van der Waals surface area contributed by atoms with Gasteiger partial charge in [0.25, 0.3) is 0 Å². The number of amides is 2. The van der Waals surface area contributed by atoms with Crippen molar-refractivity contribution in [2.45, 2.75) is 71.6 Å². The zero-order valence-corrected chi connectivity index (χ0v) is 19.3. The lowest BCUT2D eigenvalue weighted by Crippen LogP contribution is -2.44. The molecule has 170 valence electrons. The zero-order chi connectivity index (χ0) is 22.2. The van der Waals surface area contributed by atoms with E-state index in [1.54, 1.807) is 0 Å². The van der Waals surface area contributed by atoms with Gasteiger partial charge in [0.15, 0.2) is 5.78 Å². The van der Waals surface area contributed by atoms with E-state index >= 15 is 0 Å². The van der Waals surface area contributed by atoms with Crippen molar-refractivity contribution >= 4 is 17.6 Å². The van der Waals surface area contributed by atoms with Crippen molar-refractivity contribution in [1.82, 2.24) is 9.80 Å². The molecule has 5 heteroatoms. The number of rotatable bonds is 7. The Kier molecular flexibility index (Phi) is 8.68. The molecule has 0 spiro atoms. The van der Waals surface area contributed by atoms with Crippen LogP contribution < -0.4 is 0 Å². The number of piperidine rings is 1. The Morgan fingerprint density at radius 2 is 1.45 bits per heavy atom. The molecular formula is C26H38N2O3. The van der Waals surface area contributed by atoms with Crippen LogP contribution in [0.1, 0.15) is 81.1 Å². The van der Waals surface area contributed by atoms with Crippen LogP contribution in [-0.2, 0) is 16.0 Å². The van der Waals surface area contributed by atoms with E-state index in [-0.39, 0.29) is 36.4 Å². The Morgan fingerprint density at radius 3 is 2.03 bits per heavy atom. The summed E-state index contributed by atoms with van der Waals surface area (Å²) in [6.45, 7) is 7.38. The SMILES string of the molecule is CC(C)Cc1ccc(C(=O)CCC(=O)N2CCC(C(=O)N3CCCCCC3)CC2)cc1. The second-order valence-corrected chi connectivity index (χ2v) is 9.61. The Bertz CT molecular complexity index is 740. The summed E-state index contributed by atoms with van der Waals surface area (Å²) in [6, 6.07) is 7.79. The summed E-state index contributed by atoms with van der Waals surface area (Å²) in [4.78, 5) is 41.8. The molecule has 0 aromatic heterocycles. The first kappa shape index (κ1) is 23.5. The van der Waals surface area contributed by atoms with E-state index < -0.39 is 0 Å². The van der Waals surface area contributed by atoms with Crippen molar-refractivity contribution < 1.29 is 14.4 Å². The molecule has 5 nitrogen and oxygen atoms in total. The molecule has 2 saturated heterocycles. The van der Waals surface area contributed by atoms with Gasteiger partial charge in [-0.1, -0.05) is 51.0 Å². The van der Waals surface area contributed by atoms with Gasteiger partial charge < -0.3 is 9.80 Å². The highest BCUT2D eigenvalue weighted by Gasteiger charge is 2.30. The Labute approximate surface area is 187 Å². The van der Waals surface area contributed by atoms with Gasteiger partial charge >= 0.3 is 0 Å². The van der Waals surface area contributed by atoms with Gasteiger partial charge in [0, 0.05) is 50.5 Å². The highest BCUT2D eigenvalue weighted by molar-refractivity contribution is 5.98. The number of hydrogen-bond acceptors (Lipinski definition) is 3. The molecule has 0 bridgehead atoms. The third kappa shape index (κ3) is 6.91. The molecule has 2 fully saturated rings. The first-order valence-electron chi connectivity index (χ1n) is 12.1. The van der Waals surface area contributed by atoms with Crippen LogP contribution in [0.5, 0.6) is 0 Å². The molecule has 2 amide bonds. The second-order valence-electron chi connectivity index (χ2n) is 9.61. The normalized spacial score (nSPS) is 18.2. The topological polar surface area (TPSA) is 57.7 Å². The Hall–Kier alpha value is -2.17. The van der Waals surface area contributed by atoms with Crippen molar-refractivity contribution in [2.75, 3.05) is 26.2 Å². The van der Waals surface area contributed by atoms with Crippen LogP contribution in [0, 0.1) is 11.8 Å².